The molecule has 5 heteroatoms. The molecule has 0 spiro atoms. The molecular formula is C18H17NO4. The Balaban J connectivity index is 1.79. The van der Waals surface area contributed by atoms with Crippen LogP contribution < -0.4 is 0 Å². The van der Waals surface area contributed by atoms with Crippen LogP contribution >= 0.6 is 0 Å². The number of furan rings is 2. The minimum absolute atomic E-state index is 0.131. The molecule has 0 radical (unpaired) electrons. The lowest BCUT2D eigenvalue weighted by atomic mass is 10.1. The predicted octanol–water partition coefficient (Wildman–Crippen LogP) is 3.25. The summed E-state index contributed by atoms with van der Waals surface area (Å²) >= 11 is 0. The number of benzene rings is 1. The summed E-state index contributed by atoms with van der Waals surface area (Å²) in [4.78, 5) is 14.2. The Morgan fingerprint density at radius 3 is 2.57 bits per heavy atom. The molecule has 118 valence electrons. The summed E-state index contributed by atoms with van der Waals surface area (Å²) in [6.45, 7) is 0.523. The van der Waals surface area contributed by atoms with E-state index >= 15 is 0 Å². The van der Waals surface area contributed by atoms with Crippen molar-refractivity contribution in [3.63, 3.8) is 0 Å². The molecule has 0 aliphatic rings. The second-order valence-electron chi connectivity index (χ2n) is 5.21. The van der Waals surface area contributed by atoms with Gasteiger partial charge in [-0.3, -0.25) is 4.79 Å². The molecule has 1 amide bonds. The summed E-state index contributed by atoms with van der Waals surface area (Å²) in [6.07, 6.45) is 3.47. The minimum Gasteiger partial charge on any atom is -0.472 e. The SMILES string of the molecule is O=C(c1ccoc1)N(Cc1ccccc1)C[C@@H](O)c1ccco1. The van der Waals surface area contributed by atoms with Crippen LogP contribution in [0.15, 0.2) is 76.2 Å². The van der Waals surface area contributed by atoms with Gasteiger partial charge in [0.25, 0.3) is 5.91 Å². The fourth-order valence-electron chi connectivity index (χ4n) is 2.37. The molecule has 2 aromatic heterocycles. The summed E-state index contributed by atoms with van der Waals surface area (Å²) in [5.74, 6) is 0.233. The minimum atomic E-state index is -0.885. The van der Waals surface area contributed by atoms with Gasteiger partial charge in [-0.1, -0.05) is 30.3 Å². The molecule has 3 rings (SSSR count). The second kappa shape index (κ2) is 6.98. The number of carbonyl (C=O) groups excluding carboxylic acids is 1. The molecule has 0 aliphatic carbocycles. The molecule has 3 aromatic rings. The Hall–Kier alpha value is -2.79. The predicted molar refractivity (Wildman–Crippen MR) is 83.6 cm³/mol. The average Bonchev–Trinajstić information content (AvgIpc) is 3.27. The van der Waals surface area contributed by atoms with Crippen molar-refractivity contribution in [2.75, 3.05) is 6.54 Å². The van der Waals surface area contributed by atoms with Crippen LogP contribution in [-0.2, 0) is 6.54 Å². The van der Waals surface area contributed by atoms with E-state index in [0.29, 0.717) is 17.9 Å². The van der Waals surface area contributed by atoms with Crippen molar-refractivity contribution < 1.29 is 18.7 Å². The van der Waals surface area contributed by atoms with Crippen molar-refractivity contribution in [3.8, 4) is 0 Å². The lowest BCUT2D eigenvalue weighted by Crippen LogP contribution is -2.34. The smallest absolute Gasteiger partial charge is 0.257 e. The van der Waals surface area contributed by atoms with Crippen molar-refractivity contribution in [1.82, 2.24) is 4.90 Å². The molecule has 5 nitrogen and oxygen atoms in total. The van der Waals surface area contributed by atoms with Gasteiger partial charge in [-0.25, -0.2) is 0 Å². The molecule has 0 unspecified atom stereocenters. The van der Waals surface area contributed by atoms with Crippen LogP contribution in [0.1, 0.15) is 27.8 Å². The molecule has 0 bridgehead atoms. The first-order chi connectivity index (χ1) is 11.2. The van der Waals surface area contributed by atoms with Crippen LogP contribution in [0.3, 0.4) is 0 Å². The Morgan fingerprint density at radius 2 is 1.91 bits per heavy atom. The van der Waals surface area contributed by atoms with E-state index in [2.05, 4.69) is 0 Å². The number of hydrogen-bond donors (Lipinski definition) is 1. The Kier molecular flexibility index (Phi) is 4.59. The third-order valence-electron chi connectivity index (χ3n) is 3.54. The first-order valence-corrected chi connectivity index (χ1v) is 7.31. The van der Waals surface area contributed by atoms with Crippen molar-refractivity contribution in [1.29, 1.82) is 0 Å². The standard InChI is InChI=1S/C18H17NO4/c20-16(17-7-4-9-23-17)12-19(11-14-5-2-1-3-6-14)18(21)15-8-10-22-13-15/h1-10,13,16,20H,11-12H2/t16-/m1/s1. The Bertz CT molecular complexity index is 720. The van der Waals surface area contributed by atoms with Crippen molar-refractivity contribution in [2.24, 2.45) is 0 Å². The summed E-state index contributed by atoms with van der Waals surface area (Å²) < 4.78 is 10.2. The van der Waals surface area contributed by atoms with Crippen molar-refractivity contribution in [2.45, 2.75) is 12.6 Å². The van der Waals surface area contributed by atoms with Gasteiger partial charge in [0.2, 0.25) is 0 Å². The number of hydrogen-bond acceptors (Lipinski definition) is 4. The molecule has 1 atom stereocenters. The van der Waals surface area contributed by atoms with E-state index < -0.39 is 6.10 Å². The average molecular weight is 311 g/mol. The zero-order chi connectivity index (χ0) is 16.1. The molecule has 1 aromatic carbocycles. The lowest BCUT2D eigenvalue weighted by molar-refractivity contribution is 0.0562. The maximum Gasteiger partial charge on any atom is 0.257 e. The van der Waals surface area contributed by atoms with E-state index in [-0.39, 0.29) is 12.5 Å². The molecule has 0 saturated heterocycles. The highest BCUT2D eigenvalue weighted by Gasteiger charge is 2.22. The van der Waals surface area contributed by atoms with Gasteiger partial charge in [0.1, 0.15) is 18.1 Å². The van der Waals surface area contributed by atoms with Crippen molar-refractivity contribution >= 4 is 5.91 Å². The van der Waals surface area contributed by atoms with Crippen LogP contribution in [-0.4, -0.2) is 22.5 Å². The van der Waals surface area contributed by atoms with Crippen LogP contribution in [0.2, 0.25) is 0 Å². The van der Waals surface area contributed by atoms with Crippen LogP contribution in [0.5, 0.6) is 0 Å². The highest BCUT2D eigenvalue weighted by molar-refractivity contribution is 5.93. The van der Waals surface area contributed by atoms with Crippen LogP contribution in [0.25, 0.3) is 0 Å². The molecule has 0 fully saturated rings. The summed E-state index contributed by atoms with van der Waals surface area (Å²) in [6, 6.07) is 14.6. The Morgan fingerprint density at radius 1 is 1.09 bits per heavy atom. The summed E-state index contributed by atoms with van der Waals surface area (Å²) in [5.41, 5.74) is 1.43. The first kappa shape index (κ1) is 15.1. The van der Waals surface area contributed by atoms with E-state index in [1.165, 1.54) is 18.8 Å². The number of amides is 1. The molecule has 0 saturated carbocycles. The van der Waals surface area contributed by atoms with E-state index in [1.54, 1.807) is 23.1 Å². The van der Waals surface area contributed by atoms with E-state index in [4.69, 9.17) is 8.83 Å². The number of aliphatic hydroxyl groups excluding tert-OH is 1. The van der Waals surface area contributed by atoms with Gasteiger partial charge in [0.15, 0.2) is 0 Å². The monoisotopic (exact) mass is 311 g/mol. The number of aliphatic hydroxyl groups is 1. The summed E-state index contributed by atoms with van der Waals surface area (Å²) in [7, 11) is 0. The zero-order valence-corrected chi connectivity index (χ0v) is 12.5. The highest BCUT2D eigenvalue weighted by Crippen LogP contribution is 2.18. The Labute approximate surface area is 133 Å². The third kappa shape index (κ3) is 3.70. The van der Waals surface area contributed by atoms with E-state index in [0.717, 1.165) is 5.56 Å². The van der Waals surface area contributed by atoms with Gasteiger partial charge in [-0.2, -0.15) is 0 Å². The second-order valence-corrected chi connectivity index (χ2v) is 5.21. The van der Waals surface area contributed by atoms with Crippen LogP contribution in [0, 0.1) is 0 Å². The molecule has 0 aliphatic heterocycles. The van der Waals surface area contributed by atoms with Gasteiger partial charge < -0.3 is 18.8 Å². The quantitative estimate of drug-likeness (QED) is 0.759. The number of carbonyl (C=O) groups is 1. The maximum atomic E-state index is 12.6. The number of rotatable bonds is 6. The number of nitrogens with zero attached hydrogens (tertiary/aromatic N) is 1. The fourth-order valence-corrected chi connectivity index (χ4v) is 2.37. The molecular weight excluding hydrogens is 294 g/mol. The van der Waals surface area contributed by atoms with Gasteiger partial charge >= 0.3 is 0 Å². The molecule has 1 N–H and O–H groups in total. The van der Waals surface area contributed by atoms with Gasteiger partial charge in [0, 0.05) is 6.54 Å². The normalized spacial score (nSPS) is 12.0. The molecule has 2 heterocycles. The van der Waals surface area contributed by atoms with E-state index in [1.807, 2.05) is 30.3 Å². The highest BCUT2D eigenvalue weighted by atomic mass is 16.4. The maximum absolute atomic E-state index is 12.6. The fraction of sp³-hybridized carbons (Fsp3) is 0.167. The third-order valence-corrected chi connectivity index (χ3v) is 3.54. The van der Waals surface area contributed by atoms with Crippen LogP contribution in [0.4, 0.5) is 0 Å². The van der Waals surface area contributed by atoms with Gasteiger partial charge in [0.05, 0.1) is 24.6 Å². The summed E-state index contributed by atoms with van der Waals surface area (Å²) in [5, 5.41) is 10.3. The van der Waals surface area contributed by atoms with Crippen molar-refractivity contribution in [3.05, 3.63) is 84.2 Å². The largest absolute Gasteiger partial charge is 0.472 e. The molecule has 23 heavy (non-hydrogen) atoms. The van der Waals surface area contributed by atoms with Gasteiger partial charge in [-0.05, 0) is 23.8 Å². The lowest BCUT2D eigenvalue weighted by Gasteiger charge is -2.24. The van der Waals surface area contributed by atoms with Gasteiger partial charge in [-0.15, -0.1) is 0 Å². The zero-order valence-electron chi connectivity index (χ0n) is 12.5. The van der Waals surface area contributed by atoms with E-state index in [9.17, 15) is 9.90 Å². The first-order valence-electron chi connectivity index (χ1n) is 7.31. The topological polar surface area (TPSA) is 66.8 Å².